The molecule has 1 N–H and O–H groups in total. The summed E-state index contributed by atoms with van der Waals surface area (Å²) in [5.41, 5.74) is 4.06. The second-order valence-corrected chi connectivity index (χ2v) is 6.06. The number of hydrogen-bond acceptors (Lipinski definition) is 2. The summed E-state index contributed by atoms with van der Waals surface area (Å²) in [6.45, 7) is 11.0. The first-order valence-electron chi connectivity index (χ1n) is 7.34. The maximum absolute atomic E-state index is 4.67. The van der Waals surface area contributed by atoms with Crippen LogP contribution in [0.4, 0.5) is 0 Å². The molecule has 2 rings (SSSR count). The fourth-order valence-corrected chi connectivity index (χ4v) is 2.48. The van der Waals surface area contributed by atoms with Crippen LogP contribution in [0.2, 0.25) is 0 Å². The molecule has 1 fully saturated rings. The van der Waals surface area contributed by atoms with E-state index in [-0.39, 0.29) is 0 Å². The van der Waals surface area contributed by atoms with Crippen LogP contribution in [0.3, 0.4) is 0 Å². The summed E-state index contributed by atoms with van der Waals surface area (Å²) in [5.74, 6) is 0.660. The van der Waals surface area contributed by atoms with Crippen molar-refractivity contribution < 1.29 is 0 Å². The van der Waals surface area contributed by atoms with Gasteiger partial charge in [0.15, 0.2) is 0 Å². The van der Waals surface area contributed by atoms with Crippen LogP contribution in [0.15, 0.2) is 0 Å². The molecule has 18 heavy (non-hydrogen) atoms. The van der Waals surface area contributed by atoms with Crippen molar-refractivity contribution >= 4 is 0 Å². The van der Waals surface area contributed by atoms with Crippen LogP contribution in [0.1, 0.15) is 50.1 Å². The first-order valence-corrected chi connectivity index (χ1v) is 7.34. The molecule has 0 aliphatic heterocycles. The minimum absolute atomic E-state index is 0.660. The normalized spacial score (nSPS) is 15.6. The molecule has 1 aliphatic carbocycles. The summed E-state index contributed by atoms with van der Waals surface area (Å²) in [5, 5.41) is 8.25. The molecule has 0 radical (unpaired) electrons. The lowest BCUT2D eigenvalue weighted by atomic mass is 10.1. The summed E-state index contributed by atoms with van der Waals surface area (Å²) in [4.78, 5) is 0. The van der Waals surface area contributed by atoms with Crippen LogP contribution >= 0.6 is 0 Å². The van der Waals surface area contributed by atoms with Gasteiger partial charge >= 0.3 is 0 Å². The molecular weight excluding hydrogens is 222 g/mol. The van der Waals surface area contributed by atoms with Gasteiger partial charge in [-0.05, 0) is 57.6 Å². The third kappa shape index (κ3) is 3.58. The smallest absolute Gasteiger partial charge is 0.0628 e. The average molecular weight is 249 g/mol. The highest BCUT2D eigenvalue weighted by molar-refractivity contribution is 5.24. The van der Waals surface area contributed by atoms with Crippen molar-refractivity contribution in [2.24, 2.45) is 5.92 Å². The third-order valence-electron chi connectivity index (χ3n) is 3.68. The van der Waals surface area contributed by atoms with E-state index in [0.717, 1.165) is 25.6 Å². The van der Waals surface area contributed by atoms with Gasteiger partial charge in [-0.2, -0.15) is 5.10 Å². The van der Waals surface area contributed by atoms with E-state index < -0.39 is 0 Å². The quantitative estimate of drug-likeness (QED) is 0.753. The molecule has 3 heteroatoms. The Hall–Kier alpha value is -0.830. The minimum atomic E-state index is 0.660. The zero-order chi connectivity index (χ0) is 13.1. The maximum atomic E-state index is 4.67. The van der Waals surface area contributed by atoms with Gasteiger partial charge in [0.05, 0.1) is 5.69 Å². The molecule has 0 atom stereocenters. The lowest BCUT2D eigenvalue weighted by molar-refractivity contribution is 0.472. The lowest BCUT2D eigenvalue weighted by Gasteiger charge is -2.08. The topological polar surface area (TPSA) is 29.9 Å². The Bertz CT molecular complexity index is 389. The van der Waals surface area contributed by atoms with Crippen molar-refractivity contribution in [3.05, 3.63) is 17.0 Å². The number of nitrogens with zero attached hydrogens (tertiary/aromatic N) is 2. The van der Waals surface area contributed by atoms with E-state index in [2.05, 4.69) is 42.8 Å². The van der Waals surface area contributed by atoms with Crippen LogP contribution in [-0.2, 0) is 13.0 Å². The van der Waals surface area contributed by atoms with Crippen molar-refractivity contribution in [2.75, 3.05) is 6.54 Å². The van der Waals surface area contributed by atoms with E-state index in [1.807, 2.05) is 0 Å². The van der Waals surface area contributed by atoms with Crippen molar-refractivity contribution in [1.82, 2.24) is 15.1 Å². The molecule has 0 bridgehead atoms. The highest BCUT2D eigenvalue weighted by Crippen LogP contribution is 2.19. The fraction of sp³-hybridized carbons (Fsp3) is 0.800. The highest BCUT2D eigenvalue weighted by atomic mass is 15.3. The Labute approximate surface area is 111 Å². The van der Waals surface area contributed by atoms with E-state index in [1.165, 1.54) is 36.2 Å². The van der Waals surface area contributed by atoms with Crippen LogP contribution in [0.25, 0.3) is 0 Å². The summed E-state index contributed by atoms with van der Waals surface area (Å²) in [7, 11) is 0. The van der Waals surface area contributed by atoms with Crippen molar-refractivity contribution in [2.45, 2.75) is 66.0 Å². The van der Waals surface area contributed by atoms with Crippen molar-refractivity contribution in [3.63, 3.8) is 0 Å². The SMILES string of the molecule is Cc1nn(CC(C)C)c(C)c1CCCNC1CC1. The second-order valence-electron chi connectivity index (χ2n) is 6.06. The molecule has 0 unspecified atom stereocenters. The molecule has 0 spiro atoms. The first-order chi connectivity index (χ1) is 8.58. The summed E-state index contributed by atoms with van der Waals surface area (Å²) in [6, 6.07) is 0.829. The van der Waals surface area contributed by atoms with E-state index in [1.54, 1.807) is 0 Å². The molecule has 1 aliphatic rings. The van der Waals surface area contributed by atoms with E-state index in [4.69, 9.17) is 0 Å². The fourth-order valence-electron chi connectivity index (χ4n) is 2.48. The molecule has 1 aromatic heterocycles. The van der Waals surface area contributed by atoms with Crippen LogP contribution < -0.4 is 5.32 Å². The number of rotatable bonds is 7. The molecular formula is C15H27N3. The minimum Gasteiger partial charge on any atom is -0.314 e. The van der Waals surface area contributed by atoms with Gasteiger partial charge in [-0.3, -0.25) is 4.68 Å². The van der Waals surface area contributed by atoms with E-state index in [0.29, 0.717) is 5.92 Å². The predicted octanol–water partition coefficient (Wildman–Crippen LogP) is 2.84. The van der Waals surface area contributed by atoms with Crippen LogP contribution in [0, 0.1) is 19.8 Å². The summed E-state index contributed by atoms with van der Waals surface area (Å²) < 4.78 is 2.18. The number of aromatic nitrogens is 2. The lowest BCUT2D eigenvalue weighted by Crippen LogP contribution is -2.18. The molecule has 1 aromatic rings. The Morgan fingerprint density at radius 1 is 1.33 bits per heavy atom. The second kappa shape index (κ2) is 5.87. The van der Waals surface area contributed by atoms with Crippen molar-refractivity contribution in [1.29, 1.82) is 0 Å². The monoisotopic (exact) mass is 249 g/mol. The van der Waals surface area contributed by atoms with E-state index in [9.17, 15) is 0 Å². The van der Waals surface area contributed by atoms with Crippen molar-refractivity contribution in [3.8, 4) is 0 Å². The Morgan fingerprint density at radius 2 is 2.06 bits per heavy atom. The number of aryl methyl sites for hydroxylation is 1. The zero-order valence-corrected chi connectivity index (χ0v) is 12.3. The predicted molar refractivity (Wildman–Crippen MR) is 75.9 cm³/mol. The van der Waals surface area contributed by atoms with Gasteiger partial charge in [0.1, 0.15) is 0 Å². The Balaban J connectivity index is 1.87. The largest absolute Gasteiger partial charge is 0.314 e. The molecule has 1 saturated carbocycles. The van der Waals surface area contributed by atoms with Gasteiger partial charge in [-0.15, -0.1) is 0 Å². The van der Waals surface area contributed by atoms with E-state index >= 15 is 0 Å². The Morgan fingerprint density at radius 3 is 2.67 bits per heavy atom. The van der Waals surface area contributed by atoms with Gasteiger partial charge in [0, 0.05) is 18.3 Å². The van der Waals surface area contributed by atoms with Crippen LogP contribution in [0.5, 0.6) is 0 Å². The highest BCUT2D eigenvalue weighted by Gasteiger charge is 2.19. The summed E-state index contributed by atoms with van der Waals surface area (Å²) >= 11 is 0. The number of nitrogens with one attached hydrogen (secondary N) is 1. The molecule has 0 aromatic carbocycles. The van der Waals surface area contributed by atoms with Crippen LogP contribution in [-0.4, -0.2) is 22.4 Å². The van der Waals surface area contributed by atoms with Gasteiger partial charge in [-0.1, -0.05) is 13.8 Å². The number of hydrogen-bond donors (Lipinski definition) is 1. The Kier molecular flexibility index (Phi) is 4.44. The van der Waals surface area contributed by atoms with Gasteiger partial charge in [-0.25, -0.2) is 0 Å². The molecule has 0 saturated heterocycles. The third-order valence-corrected chi connectivity index (χ3v) is 3.68. The molecule has 102 valence electrons. The summed E-state index contributed by atoms with van der Waals surface area (Å²) in [6.07, 6.45) is 5.15. The average Bonchev–Trinajstić information content (AvgIpc) is 3.06. The molecule has 1 heterocycles. The first kappa shape index (κ1) is 13.6. The zero-order valence-electron chi connectivity index (χ0n) is 12.3. The molecule has 3 nitrogen and oxygen atoms in total. The molecule has 0 amide bonds. The van der Waals surface area contributed by atoms with Gasteiger partial charge in [0.2, 0.25) is 0 Å². The maximum Gasteiger partial charge on any atom is 0.0628 e. The van der Waals surface area contributed by atoms with Gasteiger partial charge < -0.3 is 5.32 Å². The van der Waals surface area contributed by atoms with Gasteiger partial charge in [0.25, 0.3) is 0 Å². The standard InChI is InChI=1S/C15H27N3/c1-11(2)10-18-13(4)15(12(3)17-18)6-5-9-16-14-7-8-14/h11,14,16H,5-10H2,1-4H3.